The normalized spacial score (nSPS) is 11.2. The van der Waals surface area contributed by atoms with Gasteiger partial charge in [-0.1, -0.05) is 20.3 Å². The summed E-state index contributed by atoms with van der Waals surface area (Å²) in [5, 5.41) is 0. The topological polar surface area (TPSA) is 100 Å². The first kappa shape index (κ1) is 33.1. The predicted octanol–water partition coefficient (Wildman–Crippen LogP) is 2.26. The van der Waals surface area contributed by atoms with Crippen molar-refractivity contribution in [3.63, 3.8) is 0 Å². The van der Waals surface area contributed by atoms with Gasteiger partial charge in [-0.2, -0.15) is 0 Å². The van der Waals surface area contributed by atoms with Crippen molar-refractivity contribution < 1.29 is 47.4 Å². The van der Waals surface area contributed by atoms with Crippen molar-refractivity contribution in [1.82, 2.24) is 0 Å². The molecule has 10 heteroatoms. The van der Waals surface area contributed by atoms with Crippen LogP contribution in [0.2, 0.25) is 0 Å². The third kappa shape index (κ3) is 29.2. The fourth-order valence-electron chi connectivity index (χ4n) is 2.34. The summed E-state index contributed by atoms with van der Waals surface area (Å²) in [5.41, 5.74) is 0. The molecule has 0 aliphatic carbocycles. The Morgan fingerprint density at radius 1 is 0.412 bits per heavy atom. The summed E-state index contributed by atoms with van der Waals surface area (Å²) in [5.74, 6) is -0.216. The van der Waals surface area contributed by atoms with E-state index in [-0.39, 0.29) is 12.4 Å². The van der Waals surface area contributed by atoms with Gasteiger partial charge in [0.2, 0.25) is 0 Å². The first-order valence-electron chi connectivity index (χ1n) is 12.6. The summed E-state index contributed by atoms with van der Waals surface area (Å²) >= 11 is 0. The molecule has 0 aromatic rings. The Morgan fingerprint density at radius 3 is 1.06 bits per heavy atom. The largest absolute Gasteiger partial charge is 0.466 e. The lowest BCUT2D eigenvalue weighted by molar-refractivity contribution is -0.145. The average molecular weight is 497 g/mol. The second kappa shape index (κ2) is 30.2. The van der Waals surface area contributed by atoms with E-state index in [0.717, 1.165) is 25.9 Å². The minimum Gasteiger partial charge on any atom is -0.466 e. The van der Waals surface area contributed by atoms with Crippen LogP contribution in [0.3, 0.4) is 0 Å². The molecule has 0 aliphatic heterocycles. The van der Waals surface area contributed by atoms with Gasteiger partial charge in [0, 0.05) is 6.61 Å². The van der Waals surface area contributed by atoms with Crippen LogP contribution >= 0.6 is 0 Å². The van der Waals surface area contributed by atoms with E-state index in [1.807, 2.05) is 0 Å². The monoisotopic (exact) mass is 496 g/mol. The number of hydrogen-bond acceptors (Lipinski definition) is 10. The molecular weight excluding hydrogens is 448 g/mol. The molecule has 204 valence electrons. The van der Waals surface area contributed by atoms with Gasteiger partial charge in [-0.3, -0.25) is 4.79 Å². The molecule has 0 aromatic heterocycles. The van der Waals surface area contributed by atoms with E-state index in [0.29, 0.717) is 106 Å². The molecule has 0 N–H and O–H groups in total. The summed E-state index contributed by atoms with van der Waals surface area (Å²) < 4.78 is 48.2. The van der Waals surface area contributed by atoms with Crippen LogP contribution < -0.4 is 0 Å². The fraction of sp³-hybridized carbons (Fsp3) is 0.958. The van der Waals surface area contributed by atoms with Crippen molar-refractivity contribution in [3.05, 3.63) is 0 Å². The molecule has 0 saturated carbocycles. The highest BCUT2D eigenvalue weighted by molar-refractivity contribution is 5.69. The third-order valence-corrected chi connectivity index (χ3v) is 4.16. The lowest BCUT2D eigenvalue weighted by Crippen LogP contribution is -2.15. The molecular formula is C24H48O10. The number of esters is 1. The molecule has 0 heterocycles. The van der Waals surface area contributed by atoms with Gasteiger partial charge >= 0.3 is 5.97 Å². The first-order valence-corrected chi connectivity index (χ1v) is 12.6. The molecule has 0 radical (unpaired) electrons. The quantitative estimate of drug-likeness (QED) is 0.113. The molecule has 0 amide bonds. The first-order chi connectivity index (χ1) is 16.8. The van der Waals surface area contributed by atoms with Gasteiger partial charge < -0.3 is 42.6 Å². The van der Waals surface area contributed by atoms with Crippen LogP contribution in [0.1, 0.15) is 39.5 Å². The number of ether oxygens (including phenoxy) is 9. The Kier molecular flexibility index (Phi) is 29.4. The number of hydrogen-bond donors (Lipinski definition) is 0. The Labute approximate surface area is 205 Å². The summed E-state index contributed by atoms with van der Waals surface area (Å²) in [4.78, 5) is 11.4. The molecule has 0 bridgehead atoms. The maximum atomic E-state index is 11.4. The average Bonchev–Trinajstić information content (AvgIpc) is 2.84. The molecule has 0 spiro atoms. The van der Waals surface area contributed by atoms with Crippen LogP contribution in [0.5, 0.6) is 0 Å². The van der Waals surface area contributed by atoms with Crippen LogP contribution in [0.4, 0.5) is 0 Å². The Hall–Kier alpha value is -0.850. The summed E-state index contributed by atoms with van der Waals surface area (Å²) in [7, 11) is 0. The van der Waals surface area contributed by atoms with Crippen molar-refractivity contribution >= 4 is 5.97 Å². The van der Waals surface area contributed by atoms with E-state index in [9.17, 15) is 4.79 Å². The summed E-state index contributed by atoms with van der Waals surface area (Å²) in [6.45, 7) is 13.1. The summed E-state index contributed by atoms with van der Waals surface area (Å²) in [6.07, 6.45) is 3.21. The van der Waals surface area contributed by atoms with Gasteiger partial charge in [-0.15, -0.1) is 0 Å². The zero-order chi connectivity index (χ0) is 24.8. The van der Waals surface area contributed by atoms with Crippen molar-refractivity contribution in [2.75, 3.05) is 112 Å². The molecule has 34 heavy (non-hydrogen) atoms. The molecule has 10 nitrogen and oxygen atoms in total. The van der Waals surface area contributed by atoms with Gasteiger partial charge in [0.15, 0.2) is 0 Å². The van der Waals surface area contributed by atoms with E-state index in [1.54, 1.807) is 0 Å². The Morgan fingerprint density at radius 2 is 0.735 bits per heavy atom. The molecule has 0 aliphatic rings. The standard InChI is InChI=1S/C24H48O10/c1-3-5-8-34-24(25)6-9-27-11-13-29-15-17-31-19-21-33-23-22-32-20-18-30-16-14-28-12-10-26-7-4-2/h3-23H2,1-2H3. The number of carbonyl (C=O) groups is 1. The highest BCUT2D eigenvalue weighted by Crippen LogP contribution is 1.93. The molecule has 0 unspecified atom stereocenters. The van der Waals surface area contributed by atoms with Crippen molar-refractivity contribution in [1.29, 1.82) is 0 Å². The second-order valence-corrected chi connectivity index (χ2v) is 7.22. The molecule has 0 aromatic carbocycles. The minimum absolute atomic E-state index is 0.216. The smallest absolute Gasteiger partial charge is 0.308 e. The third-order valence-electron chi connectivity index (χ3n) is 4.16. The van der Waals surface area contributed by atoms with E-state index in [1.165, 1.54) is 0 Å². The molecule has 0 fully saturated rings. The van der Waals surface area contributed by atoms with Crippen molar-refractivity contribution in [3.8, 4) is 0 Å². The zero-order valence-corrected chi connectivity index (χ0v) is 21.4. The lowest BCUT2D eigenvalue weighted by atomic mass is 10.4. The van der Waals surface area contributed by atoms with Crippen LogP contribution in [0.25, 0.3) is 0 Å². The van der Waals surface area contributed by atoms with Crippen LogP contribution in [-0.2, 0) is 47.4 Å². The molecule has 0 rings (SSSR count). The van der Waals surface area contributed by atoms with E-state index >= 15 is 0 Å². The number of carbonyl (C=O) groups excluding carboxylic acids is 1. The fourth-order valence-corrected chi connectivity index (χ4v) is 2.34. The Balaban J connectivity index is 3.06. The van der Waals surface area contributed by atoms with Gasteiger partial charge in [-0.25, -0.2) is 0 Å². The molecule has 0 atom stereocenters. The van der Waals surface area contributed by atoms with Crippen molar-refractivity contribution in [2.45, 2.75) is 39.5 Å². The highest BCUT2D eigenvalue weighted by atomic mass is 16.6. The second-order valence-electron chi connectivity index (χ2n) is 7.22. The van der Waals surface area contributed by atoms with Gasteiger partial charge in [0.1, 0.15) is 0 Å². The van der Waals surface area contributed by atoms with Crippen LogP contribution in [0, 0.1) is 0 Å². The van der Waals surface area contributed by atoms with Crippen LogP contribution in [0.15, 0.2) is 0 Å². The minimum atomic E-state index is -0.216. The highest BCUT2D eigenvalue weighted by Gasteiger charge is 2.02. The maximum Gasteiger partial charge on any atom is 0.308 e. The van der Waals surface area contributed by atoms with E-state index < -0.39 is 0 Å². The maximum absolute atomic E-state index is 11.4. The zero-order valence-electron chi connectivity index (χ0n) is 21.4. The van der Waals surface area contributed by atoms with Gasteiger partial charge in [0.05, 0.1) is 112 Å². The van der Waals surface area contributed by atoms with Crippen LogP contribution in [-0.4, -0.2) is 118 Å². The van der Waals surface area contributed by atoms with Gasteiger partial charge in [-0.05, 0) is 12.8 Å². The van der Waals surface area contributed by atoms with Gasteiger partial charge in [0.25, 0.3) is 0 Å². The predicted molar refractivity (Wildman–Crippen MR) is 127 cm³/mol. The Bertz CT molecular complexity index is 398. The number of rotatable bonds is 29. The molecule has 0 saturated heterocycles. The SMILES string of the molecule is CCCCOC(=O)CCOCCOCCOCCOCCOCCOCCOCCOCCC. The summed E-state index contributed by atoms with van der Waals surface area (Å²) in [6, 6.07) is 0. The number of unbranched alkanes of at least 4 members (excludes halogenated alkanes) is 1. The lowest BCUT2D eigenvalue weighted by Gasteiger charge is -2.08. The van der Waals surface area contributed by atoms with E-state index in [2.05, 4.69) is 13.8 Å². The van der Waals surface area contributed by atoms with E-state index in [4.69, 9.17) is 42.6 Å². The van der Waals surface area contributed by atoms with Crippen molar-refractivity contribution in [2.24, 2.45) is 0 Å².